The summed E-state index contributed by atoms with van der Waals surface area (Å²) in [5, 5.41) is 8.48. The van der Waals surface area contributed by atoms with Crippen LogP contribution in [0.3, 0.4) is 0 Å². The molecule has 2 aromatic carbocycles. The van der Waals surface area contributed by atoms with E-state index in [1.165, 1.54) is 6.08 Å². The average molecular weight is 268 g/mol. The number of aliphatic carboxylic acids is 1. The summed E-state index contributed by atoms with van der Waals surface area (Å²) < 4.78 is 5.70. The third-order valence-corrected chi connectivity index (χ3v) is 2.76. The van der Waals surface area contributed by atoms with Crippen molar-refractivity contribution in [3.8, 4) is 11.5 Å². The summed E-state index contributed by atoms with van der Waals surface area (Å²) in [5.74, 6) is 0.697. The summed E-state index contributed by atoms with van der Waals surface area (Å²) >= 11 is 0. The van der Waals surface area contributed by atoms with Crippen molar-refractivity contribution < 1.29 is 14.6 Å². The van der Waals surface area contributed by atoms with Crippen LogP contribution in [0.2, 0.25) is 0 Å². The van der Waals surface area contributed by atoms with Crippen molar-refractivity contribution >= 4 is 5.97 Å². The first kappa shape index (κ1) is 13.9. The molecule has 20 heavy (non-hydrogen) atoms. The van der Waals surface area contributed by atoms with E-state index in [1.54, 1.807) is 6.08 Å². The molecular formula is C17H16O3. The van der Waals surface area contributed by atoms with Gasteiger partial charge in [-0.3, -0.25) is 0 Å². The molecular weight excluding hydrogens is 252 g/mol. The number of carbonyl (C=O) groups is 1. The second-order valence-corrected chi connectivity index (χ2v) is 4.34. The Labute approximate surface area is 118 Å². The zero-order valence-corrected chi connectivity index (χ0v) is 11.0. The fourth-order valence-corrected chi connectivity index (χ4v) is 1.78. The van der Waals surface area contributed by atoms with Crippen molar-refractivity contribution in [2.24, 2.45) is 0 Å². The van der Waals surface area contributed by atoms with E-state index < -0.39 is 5.97 Å². The van der Waals surface area contributed by atoms with Gasteiger partial charge in [0.05, 0.1) is 0 Å². The van der Waals surface area contributed by atoms with Gasteiger partial charge in [0, 0.05) is 6.08 Å². The smallest absolute Gasteiger partial charge is 0.327 e. The summed E-state index contributed by atoms with van der Waals surface area (Å²) in [6.45, 7) is 0. The number of carboxylic acid groups (broad SMARTS) is 1. The highest BCUT2D eigenvalue weighted by Crippen LogP contribution is 2.21. The third-order valence-electron chi connectivity index (χ3n) is 2.76. The lowest BCUT2D eigenvalue weighted by atomic mass is 10.1. The zero-order chi connectivity index (χ0) is 14.2. The van der Waals surface area contributed by atoms with Crippen LogP contribution in [-0.4, -0.2) is 11.1 Å². The Balaban J connectivity index is 1.88. The predicted molar refractivity (Wildman–Crippen MR) is 78.1 cm³/mol. The lowest BCUT2D eigenvalue weighted by Gasteiger charge is -2.06. The fourth-order valence-electron chi connectivity index (χ4n) is 1.78. The van der Waals surface area contributed by atoms with Crippen molar-refractivity contribution in [3.05, 3.63) is 72.3 Å². The highest BCUT2D eigenvalue weighted by molar-refractivity contribution is 5.79. The van der Waals surface area contributed by atoms with E-state index >= 15 is 0 Å². The first-order valence-electron chi connectivity index (χ1n) is 6.45. The average Bonchev–Trinajstić information content (AvgIpc) is 2.46. The van der Waals surface area contributed by atoms with Crippen molar-refractivity contribution in [1.29, 1.82) is 0 Å². The van der Waals surface area contributed by atoms with E-state index in [0.29, 0.717) is 6.42 Å². The van der Waals surface area contributed by atoms with Crippen LogP contribution in [0.15, 0.2) is 66.7 Å². The van der Waals surface area contributed by atoms with E-state index in [-0.39, 0.29) is 0 Å². The van der Waals surface area contributed by atoms with Gasteiger partial charge in [-0.15, -0.1) is 0 Å². The molecule has 0 spiro atoms. The van der Waals surface area contributed by atoms with Gasteiger partial charge >= 0.3 is 5.97 Å². The van der Waals surface area contributed by atoms with E-state index in [2.05, 4.69) is 0 Å². The molecule has 0 bridgehead atoms. The lowest BCUT2D eigenvalue weighted by Crippen LogP contribution is -1.88. The summed E-state index contributed by atoms with van der Waals surface area (Å²) in [7, 11) is 0. The van der Waals surface area contributed by atoms with Gasteiger partial charge in [-0.05, 0) is 42.7 Å². The van der Waals surface area contributed by atoms with Crippen molar-refractivity contribution in [3.63, 3.8) is 0 Å². The maximum atomic E-state index is 10.3. The van der Waals surface area contributed by atoms with Crippen LogP contribution >= 0.6 is 0 Å². The minimum absolute atomic E-state index is 0.713. The minimum atomic E-state index is -0.906. The molecule has 0 saturated heterocycles. The van der Waals surface area contributed by atoms with Gasteiger partial charge in [-0.25, -0.2) is 4.79 Å². The molecule has 0 unspecified atom stereocenters. The first-order valence-corrected chi connectivity index (χ1v) is 6.45. The van der Waals surface area contributed by atoms with E-state index in [0.717, 1.165) is 23.5 Å². The molecule has 0 saturated carbocycles. The number of ether oxygens (including phenoxy) is 1. The highest BCUT2D eigenvalue weighted by Gasteiger charge is 1.97. The number of para-hydroxylation sites is 1. The molecule has 0 aromatic heterocycles. The van der Waals surface area contributed by atoms with Gasteiger partial charge < -0.3 is 9.84 Å². The number of allylic oxidation sites excluding steroid dienone is 1. The van der Waals surface area contributed by atoms with E-state index in [1.807, 2.05) is 54.6 Å². The molecule has 102 valence electrons. The maximum Gasteiger partial charge on any atom is 0.327 e. The predicted octanol–water partition coefficient (Wildman–Crippen LogP) is 4.05. The quantitative estimate of drug-likeness (QED) is 0.804. The summed E-state index contributed by atoms with van der Waals surface area (Å²) in [6.07, 6.45) is 4.37. The number of benzene rings is 2. The highest BCUT2D eigenvalue weighted by atomic mass is 16.5. The van der Waals surface area contributed by atoms with Crippen molar-refractivity contribution in [2.75, 3.05) is 0 Å². The number of hydrogen-bond donors (Lipinski definition) is 1. The van der Waals surface area contributed by atoms with Gasteiger partial charge in [0.1, 0.15) is 11.5 Å². The summed E-state index contributed by atoms with van der Waals surface area (Å²) in [4.78, 5) is 10.3. The van der Waals surface area contributed by atoms with Crippen molar-refractivity contribution in [1.82, 2.24) is 0 Å². The molecule has 2 rings (SSSR count). The van der Waals surface area contributed by atoms with Gasteiger partial charge in [0.25, 0.3) is 0 Å². The largest absolute Gasteiger partial charge is 0.478 e. The van der Waals surface area contributed by atoms with E-state index in [9.17, 15) is 4.79 Å². The number of rotatable bonds is 6. The number of carboxylic acids is 1. The lowest BCUT2D eigenvalue weighted by molar-refractivity contribution is -0.131. The molecule has 0 aliphatic heterocycles. The van der Waals surface area contributed by atoms with Crippen LogP contribution in [0.4, 0.5) is 0 Å². The van der Waals surface area contributed by atoms with Crippen LogP contribution in [-0.2, 0) is 11.2 Å². The van der Waals surface area contributed by atoms with Crippen LogP contribution in [0, 0.1) is 0 Å². The Morgan fingerprint density at radius 3 is 2.30 bits per heavy atom. The van der Waals surface area contributed by atoms with Crippen LogP contribution < -0.4 is 4.74 Å². The first-order chi connectivity index (χ1) is 9.74. The Morgan fingerprint density at radius 1 is 1.00 bits per heavy atom. The van der Waals surface area contributed by atoms with Crippen LogP contribution in [0.25, 0.3) is 0 Å². The maximum absolute atomic E-state index is 10.3. The Hall–Kier alpha value is -2.55. The minimum Gasteiger partial charge on any atom is -0.478 e. The number of aryl methyl sites for hydroxylation is 1. The second-order valence-electron chi connectivity index (χ2n) is 4.34. The standard InChI is InChI=1S/C17H16O3/c18-17(19)9-5-4-6-14-10-12-16(13-11-14)20-15-7-2-1-3-8-15/h1-3,5,7-13H,4,6H2,(H,18,19)/b9-5+. The van der Waals surface area contributed by atoms with Crippen LogP contribution in [0.1, 0.15) is 12.0 Å². The molecule has 0 atom stereocenters. The molecule has 0 heterocycles. The van der Waals surface area contributed by atoms with Gasteiger partial charge in [-0.1, -0.05) is 36.4 Å². The third kappa shape index (κ3) is 4.61. The fraction of sp³-hybridized carbons (Fsp3) is 0.118. The van der Waals surface area contributed by atoms with Gasteiger partial charge in [0.15, 0.2) is 0 Å². The number of hydrogen-bond acceptors (Lipinski definition) is 2. The molecule has 3 nitrogen and oxygen atoms in total. The summed E-state index contributed by atoms with van der Waals surface area (Å²) in [5.41, 5.74) is 1.15. The molecule has 0 aliphatic rings. The van der Waals surface area contributed by atoms with Gasteiger partial charge in [-0.2, -0.15) is 0 Å². The molecule has 1 N–H and O–H groups in total. The summed E-state index contributed by atoms with van der Waals surface area (Å²) in [6, 6.07) is 17.4. The molecule has 2 aromatic rings. The SMILES string of the molecule is O=C(O)/C=C/CCc1ccc(Oc2ccccc2)cc1. The molecule has 0 fully saturated rings. The Morgan fingerprint density at radius 2 is 1.65 bits per heavy atom. The second kappa shape index (κ2) is 7.14. The Kier molecular flexibility index (Phi) is 4.95. The Bertz CT molecular complexity index is 571. The molecule has 0 radical (unpaired) electrons. The zero-order valence-electron chi connectivity index (χ0n) is 11.0. The molecule has 0 aliphatic carbocycles. The normalized spacial score (nSPS) is 10.6. The van der Waals surface area contributed by atoms with Crippen molar-refractivity contribution in [2.45, 2.75) is 12.8 Å². The molecule has 3 heteroatoms. The van der Waals surface area contributed by atoms with E-state index in [4.69, 9.17) is 9.84 Å². The molecule has 0 amide bonds. The topological polar surface area (TPSA) is 46.5 Å². The monoisotopic (exact) mass is 268 g/mol. The van der Waals surface area contributed by atoms with Gasteiger partial charge in [0.2, 0.25) is 0 Å². The van der Waals surface area contributed by atoms with Crippen LogP contribution in [0.5, 0.6) is 11.5 Å².